The Morgan fingerprint density at radius 2 is 2.15 bits per heavy atom. The molecule has 0 spiro atoms. The van der Waals surface area contributed by atoms with Gasteiger partial charge in [0.2, 0.25) is 5.91 Å². The first-order chi connectivity index (χ1) is 9.19. The number of hydrogen-bond donors (Lipinski definition) is 3. The van der Waals surface area contributed by atoms with Gasteiger partial charge in [-0.2, -0.15) is 0 Å². The van der Waals surface area contributed by atoms with E-state index in [1.165, 1.54) is 0 Å². The van der Waals surface area contributed by atoms with Crippen LogP contribution in [0.5, 0.6) is 5.75 Å². The van der Waals surface area contributed by atoms with Crippen LogP contribution in [-0.2, 0) is 4.79 Å². The number of halogens is 2. The van der Waals surface area contributed by atoms with Crippen LogP contribution in [0.15, 0.2) is 24.3 Å². The summed E-state index contributed by atoms with van der Waals surface area (Å²) >= 11 is 0. The van der Waals surface area contributed by atoms with E-state index in [1.807, 2.05) is 0 Å². The fourth-order valence-corrected chi connectivity index (χ4v) is 1.93. The van der Waals surface area contributed by atoms with Gasteiger partial charge in [0, 0.05) is 25.2 Å². The summed E-state index contributed by atoms with van der Waals surface area (Å²) in [5.41, 5.74) is 5.99. The average molecular weight is 304 g/mol. The number of benzene rings is 1. The molecule has 20 heavy (non-hydrogen) atoms. The maximum Gasteiger partial charge on any atom is 0.241 e. The van der Waals surface area contributed by atoms with Crippen molar-refractivity contribution in [1.29, 1.82) is 0 Å². The Balaban J connectivity index is 0.00000200. The van der Waals surface area contributed by atoms with Crippen molar-refractivity contribution < 1.29 is 13.9 Å². The maximum atomic E-state index is 13.0. The first-order valence-corrected chi connectivity index (χ1v) is 6.30. The molecule has 1 heterocycles. The van der Waals surface area contributed by atoms with Crippen molar-refractivity contribution in [2.75, 3.05) is 25.0 Å². The predicted octanol–water partition coefficient (Wildman–Crippen LogP) is 1.08. The summed E-state index contributed by atoms with van der Waals surface area (Å²) in [6.45, 7) is 1.15. The van der Waals surface area contributed by atoms with Gasteiger partial charge in [-0.15, -0.1) is 12.4 Å². The van der Waals surface area contributed by atoms with Gasteiger partial charge in [0.25, 0.3) is 0 Å². The minimum Gasteiger partial charge on any atom is -0.492 e. The smallest absolute Gasteiger partial charge is 0.241 e. The molecule has 5 nitrogen and oxygen atoms in total. The second-order valence-corrected chi connectivity index (χ2v) is 4.44. The van der Waals surface area contributed by atoms with Crippen molar-refractivity contribution in [3.8, 4) is 5.75 Å². The molecule has 1 fully saturated rings. The minimum absolute atomic E-state index is 0. The van der Waals surface area contributed by atoms with Gasteiger partial charge in [0.15, 0.2) is 0 Å². The van der Waals surface area contributed by atoms with Crippen LogP contribution in [0.25, 0.3) is 0 Å². The molecule has 0 unspecified atom stereocenters. The fourth-order valence-electron chi connectivity index (χ4n) is 1.93. The van der Waals surface area contributed by atoms with E-state index < -0.39 is 12.2 Å². The third-order valence-corrected chi connectivity index (χ3v) is 2.90. The number of rotatable bonds is 5. The van der Waals surface area contributed by atoms with E-state index in [0.29, 0.717) is 24.6 Å². The SMILES string of the molecule is Cl.NCCOc1ccc(NC(=O)[C@H]2C[C@H](F)CN2)cc1. The highest BCUT2D eigenvalue weighted by Gasteiger charge is 2.29. The molecule has 112 valence electrons. The quantitative estimate of drug-likeness (QED) is 0.761. The van der Waals surface area contributed by atoms with Gasteiger partial charge in [0.05, 0.1) is 6.04 Å². The van der Waals surface area contributed by atoms with Crippen LogP contribution in [0.2, 0.25) is 0 Å². The number of carbonyl (C=O) groups is 1. The second kappa shape index (κ2) is 8.04. The lowest BCUT2D eigenvalue weighted by Gasteiger charge is -2.11. The van der Waals surface area contributed by atoms with Gasteiger partial charge in [-0.3, -0.25) is 4.79 Å². The molecule has 0 aromatic heterocycles. The molecular weight excluding hydrogens is 285 g/mol. The highest BCUT2D eigenvalue weighted by Crippen LogP contribution is 2.17. The molecule has 1 aromatic rings. The van der Waals surface area contributed by atoms with Crippen LogP contribution in [0.3, 0.4) is 0 Å². The Bertz CT molecular complexity index is 430. The largest absolute Gasteiger partial charge is 0.492 e. The van der Waals surface area contributed by atoms with E-state index in [0.717, 1.165) is 0 Å². The summed E-state index contributed by atoms with van der Waals surface area (Å²) in [7, 11) is 0. The molecule has 7 heteroatoms. The van der Waals surface area contributed by atoms with Gasteiger partial charge in [-0.25, -0.2) is 4.39 Å². The van der Waals surface area contributed by atoms with Crippen molar-refractivity contribution in [3.63, 3.8) is 0 Å². The van der Waals surface area contributed by atoms with Crippen LogP contribution in [-0.4, -0.2) is 37.8 Å². The lowest BCUT2D eigenvalue weighted by atomic mass is 10.2. The standard InChI is InChI=1S/C13H18FN3O2.ClH/c14-9-7-12(16-8-9)13(18)17-10-1-3-11(4-2-10)19-6-5-15;/h1-4,9,12,16H,5-8,15H2,(H,17,18);1H/t9-,12+;/m0./s1. The van der Waals surface area contributed by atoms with E-state index in [2.05, 4.69) is 10.6 Å². The Morgan fingerprint density at radius 1 is 1.45 bits per heavy atom. The first-order valence-electron chi connectivity index (χ1n) is 6.30. The van der Waals surface area contributed by atoms with E-state index in [4.69, 9.17) is 10.5 Å². The summed E-state index contributed by atoms with van der Waals surface area (Å²) in [5.74, 6) is 0.488. The van der Waals surface area contributed by atoms with Gasteiger partial charge < -0.3 is 21.1 Å². The highest BCUT2D eigenvalue weighted by atomic mass is 35.5. The molecule has 1 saturated heterocycles. The van der Waals surface area contributed by atoms with Crippen LogP contribution >= 0.6 is 12.4 Å². The van der Waals surface area contributed by atoms with Crippen LogP contribution in [0, 0.1) is 0 Å². The highest BCUT2D eigenvalue weighted by molar-refractivity contribution is 5.95. The number of ether oxygens (including phenoxy) is 1. The molecule has 0 saturated carbocycles. The summed E-state index contributed by atoms with van der Waals surface area (Å²) in [4.78, 5) is 11.8. The van der Waals surface area contributed by atoms with Crippen molar-refractivity contribution >= 4 is 24.0 Å². The second-order valence-electron chi connectivity index (χ2n) is 4.44. The van der Waals surface area contributed by atoms with Gasteiger partial charge in [-0.05, 0) is 24.3 Å². The molecule has 1 aromatic carbocycles. The van der Waals surface area contributed by atoms with Crippen molar-refractivity contribution in [1.82, 2.24) is 5.32 Å². The van der Waals surface area contributed by atoms with Crippen LogP contribution in [0.4, 0.5) is 10.1 Å². The number of carbonyl (C=O) groups excluding carboxylic acids is 1. The number of anilines is 1. The van der Waals surface area contributed by atoms with Crippen LogP contribution < -0.4 is 21.1 Å². The van der Waals surface area contributed by atoms with E-state index in [-0.39, 0.29) is 31.3 Å². The number of alkyl halides is 1. The zero-order valence-corrected chi connectivity index (χ0v) is 11.8. The normalized spacial score (nSPS) is 21.1. The lowest BCUT2D eigenvalue weighted by Crippen LogP contribution is -2.35. The Kier molecular flexibility index (Phi) is 6.70. The molecule has 0 radical (unpaired) electrons. The van der Waals surface area contributed by atoms with Gasteiger partial charge >= 0.3 is 0 Å². The summed E-state index contributed by atoms with van der Waals surface area (Å²) < 4.78 is 18.3. The molecule has 4 N–H and O–H groups in total. The molecule has 0 aliphatic carbocycles. The Hall–Kier alpha value is -1.37. The molecular formula is C13H19ClFN3O2. The zero-order chi connectivity index (χ0) is 13.7. The van der Waals surface area contributed by atoms with Gasteiger partial charge in [-0.1, -0.05) is 0 Å². The van der Waals surface area contributed by atoms with Crippen LogP contribution in [0.1, 0.15) is 6.42 Å². The molecule has 1 aliphatic heterocycles. The van der Waals surface area contributed by atoms with Crippen molar-refractivity contribution in [2.45, 2.75) is 18.6 Å². The Morgan fingerprint density at radius 3 is 2.70 bits per heavy atom. The third kappa shape index (κ3) is 4.63. The summed E-state index contributed by atoms with van der Waals surface area (Å²) in [5, 5.41) is 5.58. The number of hydrogen-bond acceptors (Lipinski definition) is 4. The summed E-state index contributed by atoms with van der Waals surface area (Å²) in [6.07, 6.45) is -0.716. The minimum atomic E-state index is -0.942. The fraction of sp³-hybridized carbons (Fsp3) is 0.462. The predicted molar refractivity (Wildman–Crippen MR) is 78.2 cm³/mol. The molecule has 1 aliphatic rings. The Labute approximate surface area is 123 Å². The van der Waals surface area contributed by atoms with Crippen molar-refractivity contribution in [3.05, 3.63) is 24.3 Å². The molecule has 2 atom stereocenters. The third-order valence-electron chi connectivity index (χ3n) is 2.90. The first kappa shape index (κ1) is 16.7. The zero-order valence-electron chi connectivity index (χ0n) is 11.0. The maximum absolute atomic E-state index is 13.0. The van der Waals surface area contributed by atoms with E-state index in [1.54, 1.807) is 24.3 Å². The number of nitrogens with one attached hydrogen (secondary N) is 2. The molecule has 2 rings (SSSR count). The molecule has 1 amide bonds. The summed E-state index contributed by atoms with van der Waals surface area (Å²) in [6, 6.07) is 6.54. The monoisotopic (exact) mass is 303 g/mol. The van der Waals surface area contributed by atoms with Gasteiger partial charge in [0.1, 0.15) is 18.5 Å². The number of nitrogens with two attached hydrogens (primary N) is 1. The average Bonchev–Trinajstić information content (AvgIpc) is 2.85. The molecule has 0 bridgehead atoms. The number of amides is 1. The van der Waals surface area contributed by atoms with E-state index >= 15 is 0 Å². The topological polar surface area (TPSA) is 76.4 Å². The lowest BCUT2D eigenvalue weighted by molar-refractivity contribution is -0.117. The van der Waals surface area contributed by atoms with E-state index in [9.17, 15) is 9.18 Å². The van der Waals surface area contributed by atoms with Crippen molar-refractivity contribution in [2.24, 2.45) is 5.73 Å².